The first-order chi connectivity index (χ1) is 9.10. The molecule has 0 spiro atoms. The summed E-state index contributed by atoms with van der Waals surface area (Å²) in [7, 11) is 1.17. The van der Waals surface area contributed by atoms with Crippen LogP contribution in [-0.4, -0.2) is 18.2 Å². The number of hydrogen-bond acceptors (Lipinski definition) is 2. The van der Waals surface area contributed by atoms with Crippen LogP contribution >= 0.6 is 0 Å². The molecule has 0 heterocycles. The van der Waals surface area contributed by atoms with Crippen molar-refractivity contribution in [2.24, 2.45) is 11.3 Å². The summed E-state index contributed by atoms with van der Waals surface area (Å²) in [5, 5.41) is 9.10. The number of rotatable bonds is 3. The number of carboxylic acids is 1. The Labute approximate surface area is 114 Å². The van der Waals surface area contributed by atoms with E-state index in [1.54, 1.807) is 13.8 Å². The van der Waals surface area contributed by atoms with Gasteiger partial charge >= 0.3 is 12.1 Å². The van der Waals surface area contributed by atoms with Crippen molar-refractivity contribution in [2.45, 2.75) is 25.9 Å². The van der Waals surface area contributed by atoms with Crippen LogP contribution < -0.4 is 4.74 Å². The third kappa shape index (κ3) is 2.23. The summed E-state index contributed by atoms with van der Waals surface area (Å²) in [6.45, 7) is 3.49. The Morgan fingerprint density at radius 3 is 2.35 bits per heavy atom. The molecule has 2 atom stereocenters. The lowest BCUT2D eigenvalue weighted by atomic mass is 10.0. The topological polar surface area (TPSA) is 46.5 Å². The molecule has 0 amide bonds. The molecular weight excluding hydrogens is 273 g/mol. The second kappa shape index (κ2) is 4.40. The SMILES string of the molecule is COc1ccc(C2C(C(=O)O)C2(C)C)cc1C(F)(F)F. The lowest BCUT2D eigenvalue weighted by molar-refractivity contribution is -0.139. The molecule has 1 N–H and O–H groups in total. The van der Waals surface area contributed by atoms with Crippen LogP contribution in [0.15, 0.2) is 18.2 Å². The highest BCUT2D eigenvalue weighted by molar-refractivity contribution is 5.77. The van der Waals surface area contributed by atoms with Gasteiger partial charge in [0.05, 0.1) is 18.6 Å². The summed E-state index contributed by atoms with van der Waals surface area (Å²) < 4.78 is 43.6. The number of halogens is 3. The molecule has 0 aliphatic heterocycles. The maximum Gasteiger partial charge on any atom is 0.419 e. The van der Waals surface area contributed by atoms with E-state index in [1.165, 1.54) is 19.2 Å². The quantitative estimate of drug-likeness (QED) is 0.925. The first kappa shape index (κ1) is 14.7. The predicted molar refractivity (Wildman–Crippen MR) is 65.6 cm³/mol. The van der Waals surface area contributed by atoms with Gasteiger partial charge in [0, 0.05) is 5.92 Å². The fraction of sp³-hybridized carbons (Fsp3) is 0.500. The molecule has 1 aliphatic rings. The highest BCUT2D eigenvalue weighted by Gasteiger charge is 2.62. The molecule has 1 saturated carbocycles. The van der Waals surface area contributed by atoms with E-state index in [4.69, 9.17) is 9.84 Å². The Kier molecular flexibility index (Phi) is 3.23. The van der Waals surface area contributed by atoms with Crippen LogP contribution in [0, 0.1) is 11.3 Å². The zero-order valence-corrected chi connectivity index (χ0v) is 11.3. The van der Waals surface area contributed by atoms with Crippen molar-refractivity contribution in [3.05, 3.63) is 29.3 Å². The van der Waals surface area contributed by atoms with E-state index in [0.29, 0.717) is 5.56 Å². The van der Waals surface area contributed by atoms with Gasteiger partial charge in [-0.05, 0) is 23.1 Å². The lowest BCUT2D eigenvalue weighted by Crippen LogP contribution is -2.08. The van der Waals surface area contributed by atoms with Gasteiger partial charge in [-0.15, -0.1) is 0 Å². The fourth-order valence-corrected chi connectivity index (χ4v) is 2.86. The van der Waals surface area contributed by atoms with E-state index in [1.807, 2.05) is 0 Å². The van der Waals surface area contributed by atoms with E-state index < -0.39 is 35.0 Å². The molecule has 110 valence electrons. The van der Waals surface area contributed by atoms with E-state index in [0.717, 1.165) is 6.07 Å². The number of aliphatic carboxylic acids is 1. The monoisotopic (exact) mass is 288 g/mol. The first-order valence-corrected chi connectivity index (χ1v) is 6.08. The minimum atomic E-state index is -4.53. The smallest absolute Gasteiger partial charge is 0.419 e. The van der Waals surface area contributed by atoms with Crippen molar-refractivity contribution in [1.29, 1.82) is 0 Å². The average Bonchev–Trinajstić information content (AvgIpc) is 2.90. The molecule has 1 aromatic rings. The molecule has 1 fully saturated rings. The van der Waals surface area contributed by atoms with Gasteiger partial charge in [-0.3, -0.25) is 4.79 Å². The third-order valence-electron chi connectivity index (χ3n) is 3.98. The molecule has 0 saturated heterocycles. The zero-order valence-electron chi connectivity index (χ0n) is 11.3. The molecule has 6 heteroatoms. The van der Waals surface area contributed by atoms with Crippen LogP contribution in [0.3, 0.4) is 0 Å². The number of carbonyl (C=O) groups is 1. The second-order valence-electron chi connectivity index (χ2n) is 5.57. The van der Waals surface area contributed by atoms with Crippen molar-refractivity contribution in [2.75, 3.05) is 7.11 Å². The minimum Gasteiger partial charge on any atom is -0.496 e. The number of benzene rings is 1. The lowest BCUT2D eigenvalue weighted by Gasteiger charge is -2.14. The Balaban J connectivity index is 2.44. The van der Waals surface area contributed by atoms with Gasteiger partial charge in [0.1, 0.15) is 5.75 Å². The van der Waals surface area contributed by atoms with E-state index in [2.05, 4.69) is 0 Å². The Hall–Kier alpha value is -1.72. The Morgan fingerprint density at radius 1 is 1.35 bits per heavy atom. The Bertz CT molecular complexity index is 549. The van der Waals surface area contributed by atoms with Crippen molar-refractivity contribution < 1.29 is 27.8 Å². The van der Waals surface area contributed by atoms with Crippen molar-refractivity contribution in [3.63, 3.8) is 0 Å². The number of hydrogen-bond donors (Lipinski definition) is 1. The third-order valence-corrected chi connectivity index (χ3v) is 3.98. The maximum absolute atomic E-state index is 13.0. The molecule has 1 aliphatic carbocycles. The maximum atomic E-state index is 13.0. The van der Waals surface area contributed by atoms with Crippen LogP contribution in [0.25, 0.3) is 0 Å². The molecular formula is C14H15F3O3. The van der Waals surface area contributed by atoms with Gasteiger partial charge in [0.25, 0.3) is 0 Å². The normalized spacial score (nSPS) is 24.3. The van der Waals surface area contributed by atoms with Gasteiger partial charge in [-0.25, -0.2) is 0 Å². The molecule has 2 unspecified atom stereocenters. The summed E-state index contributed by atoms with van der Waals surface area (Å²) in [5.41, 5.74) is -1.02. The van der Waals surface area contributed by atoms with Crippen LogP contribution in [0.5, 0.6) is 5.75 Å². The van der Waals surface area contributed by atoms with Gasteiger partial charge < -0.3 is 9.84 Å². The number of ether oxygens (including phenoxy) is 1. The average molecular weight is 288 g/mol. The molecule has 0 radical (unpaired) electrons. The molecule has 0 aromatic heterocycles. The molecule has 1 aromatic carbocycles. The van der Waals surface area contributed by atoms with Crippen LogP contribution in [0.4, 0.5) is 13.2 Å². The van der Waals surface area contributed by atoms with Crippen LogP contribution in [0.1, 0.15) is 30.9 Å². The number of alkyl halides is 3. The summed E-state index contributed by atoms with van der Waals surface area (Å²) in [6.07, 6.45) is -4.53. The van der Waals surface area contributed by atoms with Crippen LogP contribution in [0.2, 0.25) is 0 Å². The van der Waals surface area contributed by atoms with Gasteiger partial charge in [-0.1, -0.05) is 19.9 Å². The largest absolute Gasteiger partial charge is 0.496 e. The van der Waals surface area contributed by atoms with E-state index in [-0.39, 0.29) is 5.75 Å². The number of methoxy groups -OCH3 is 1. The Morgan fingerprint density at radius 2 is 1.95 bits per heavy atom. The van der Waals surface area contributed by atoms with Crippen LogP contribution in [-0.2, 0) is 11.0 Å². The minimum absolute atomic E-state index is 0.258. The molecule has 20 heavy (non-hydrogen) atoms. The second-order valence-corrected chi connectivity index (χ2v) is 5.57. The van der Waals surface area contributed by atoms with Gasteiger partial charge in [0.15, 0.2) is 0 Å². The summed E-state index contributed by atoms with van der Waals surface area (Å²) in [5.74, 6) is -2.31. The van der Waals surface area contributed by atoms with E-state index in [9.17, 15) is 18.0 Å². The first-order valence-electron chi connectivity index (χ1n) is 6.08. The predicted octanol–water partition coefficient (Wildman–Crippen LogP) is 3.54. The summed E-state index contributed by atoms with van der Waals surface area (Å²) in [6, 6.07) is 3.74. The van der Waals surface area contributed by atoms with Gasteiger partial charge in [0.2, 0.25) is 0 Å². The standard InChI is InChI=1S/C14H15F3O3/c1-13(2)10(11(13)12(18)19)7-4-5-9(20-3)8(6-7)14(15,16)17/h4-6,10-11H,1-3H3,(H,18,19). The fourth-order valence-electron chi connectivity index (χ4n) is 2.86. The number of carboxylic acid groups (broad SMARTS) is 1. The highest BCUT2D eigenvalue weighted by Crippen LogP contribution is 2.64. The molecule has 3 nitrogen and oxygen atoms in total. The summed E-state index contributed by atoms with van der Waals surface area (Å²) in [4.78, 5) is 11.1. The van der Waals surface area contributed by atoms with Crippen molar-refractivity contribution in [1.82, 2.24) is 0 Å². The van der Waals surface area contributed by atoms with Crippen molar-refractivity contribution >= 4 is 5.97 Å². The molecule has 2 rings (SSSR count). The molecule has 0 bridgehead atoms. The summed E-state index contributed by atoms with van der Waals surface area (Å²) >= 11 is 0. The zero-order chi connectivity index (χ0) is 15.3. The van der Waals surface area contributed by atoms with Gasteiger partial charge in [-0.2, -0.15) is 13.2 Å². The van der Waals surface area contributed by atoms with E-state index >= 15 is 0 Å². The highest BCUT2D eigenvalue weighted by atomic mass is 19.4. The van der Waals surface area contributed by atoms with Crippen molar-refractivity contribution in [3.8, 4) is 5.75 Å².